The molecule has 0 unspecified atom stereocenters. The van der Waals surface area contributed by atoms with E-state index in [4.69, 9.17) is 0 Å². The van der Waals surface area contributed by atoms with Crippen LogP contribution < -0.4 is 5.32 Å². The highest BCUT2D eigenvalue weighted by Crippen LogP contribution is 2.17. The number of carbonyl (C=O) groups is 1. The van der Waals surface area contributed by atoms with E-state index in [0.29, 0.717) is 12.6 Å². The Morgan fingerprint density at radius 2 is 1.69 bits per heavy atom. The predicted octanol–water partition coefficient (Wildman–Crippen LogP) is 2.17. The van der Waals surface area contributed by atoms with E-state index in [1.165, 1.54) is 38.5 Å². The summed E-state index contributed by atoms with van der Waals surface area (Å²) in [5, 5.41) is 3.18. The Labute approximate surface area is 99.6 Å². The maximum atomic E-state index is 11.8. The minimum atomic E-state index is 0.204. The minimum Gasteiger partial charge on any atom is -0.352 e. The molecule has 1 aliphatic rings. The Kier molecular flexibility index (Phi) is 6.46. The standard InChI is InChI=1S/C13H26N2O/c1-3-15(4-2)11-13(16)14-12-9-7-5-6-8-10-12/h12H,3-11H2,1-2H3,(H,14,16). The number of likely N-dealkylation sites (N-methyl/N-ethyl adjacent to an activating group) is 1. The Hall–Kier alpha value is -0.570. The molecule has 0 radical (unpaired) electrons. The summed E-state index contributed by atoms with van der Waals surface area (Å²) in [6.07, 6.45) is 7.56. The van der Waals surface area contributed by atoms with Crippen LogP contribution in [0.2, 0.25) is 0 Å². The topological polar surface area (TPSA) is 32.3 Å². The van der Waals surface area contributed by atoms with Gasteiger partial charge in [0.1, 0.15) is 0 Å². The zero-order valence-electron chi connectivity index (χ0n) is 10.8. The van der Waals surface area contributed by atoms with Gasteiger partial charge in [-0.3, -0.25) is 9.69 Å². The second-order valence-electron chi connectivity index (χ2n) is 4.72. The second kappa shape index (κ2) is 7.66. The zero-order valence-corrected chi connectivity index (χ0v) is 10.8. The summed E-state index contributed by atoms with van der Waals surface area (Å²) in [5.74, 6) is 0.204. The number of rotatable bonds is 5. The summed E-state index contributed by atoms with van der Waals surface area (Å²) in [6, 6.07) is 0.436. The first-order chi connectivity index (χ1) is 7.76. The average molecular weight is 226 g/mol. The molecule has 1 N–H and O–H groups in total. The van der Waals surface area contributed by atoms with Gasteiger partial charge in [-0.05, 0) is 25.9 Å². The molecule has 0 spiro atoms. The molecule has 0 bridgehead atoms. The van der Waals surface area contributed by atoms with Gasteiger partial charge in [-0.15, -0.1) is 0 Å². The summed E-state index contributed by atoms with van der Waals surface area (Å²) >= 11 is 0. The van der Waals surface area contributed by atoms with E-state index in [2.05, 4.69) is 24.1 Å². The third kappa shape index (κ3) is 4.97. The first-order valence-electron chi connectivity index (χ1n) is 6.78. The van der Waals surface area contributed by atoms with Gasteiger partial charge in [0.15, 0.2) is 0 Å². The largest absolute Gasteiger partial charge is 0.352 e. The van der Waals surface area contributed by atoms with Crippen LogP contribution in [0.1, 0.15) is 52.4 Å². The van der Waals surface area contributed by atoms with Gasteiger partial charge < -0.3 is 5.32 Å². The molecule has 16 heavy (non-hydrogen) atoms. The molecule has 1 aliphatic carbocycles. The zero-order chi connectivity index (χ0) is 11.8. The Morgan fingerprint density at radius 3 is 2.19 bits per heavy atom. The number of nitrogens with one attached hydrogen (secondary N) is 1. The van der Waals surface area contributed by atoms with Gasteiger partial charge in [0.25, 0.3) is 0 Å². The van der Waals surface area contributed by atoms with Gasteiger partial charge >= 0.3 is 0 Å². The van der Waals surface area contributed by atoms with Gasteiger partial charge in [-0.1, -0.05) is 39.5 Å². The van der Waals surface area contributed by atoms with Crippen LogP contribution in [-0.2, 0) is 4.79 Å². The first-order valence-corrected chi connectivity index (χ1v) is 6.78. The molecule has 94 valence electrons. The fourth-order valence-electron chi connectivity index (χ4n) is 2.35. The number of hydrogen-bond donors (Lipinski definition) is 1. The Balaban J connectivity index is 2.26. The van der Waals surface area contributed by atoms with Crippen LogP contribution in [-0.4, -0.2) is 36.5 Å². The maximum absolute atomic E-state index is 11.8. The van der Waals surface area contributed by atoms with Crippen molar-refractivity contribution < 1.29 is 4.79 Å². The van der Waals surface area contributed by atoms with Crippen molar-refractivity contribution in [3.05, 3.63) is 0 Å². The monoisotopic (exact) mass is 226 g/mol. The minimum absolute atomic E-state index is 0.204. The van der Waals surface area contributed by atoms with E-state index in [0.717, 1.165) is 13.1 Å². The third-order valence-corrected chi connectivity index (χ3v) is 3.48. The molecule has 0 aromatic heterocycles. The van der Waals surface area contributed by atoms with Crippen molar-refractivity contribution in [3.63, 3.8) is 0 Å². The van der Waals surface area contributed by atoms with Crippen molar-refractivity contribution in [1.29, 1.82) is 0 Å². The molecule has 0 aliphatic heterocycles. The SMILES string of the molecule is CCN(CC)CC(=O)NC1CCCCCC1. The smallest absolute Gasteiger partial charge is 0.234 e. The molecular weight excluding hydrogens is 200 g/mol. The molecule has 3 heteroatoms. The summed E-state index contributed by atoms with van der Waals surface area (Å²) in [6.45, 7) is 6.66. The molecular formula is C13H26N2O. The van der Waals surface area contributed by atoms with Gasteiger partial charge in [0.05, 0.1) is 6.54 Å². The van der Waals surface area contributed by atoms with Crippen LogP contribution in [0.5, 0.6) is 0 Å². The lowest BCUT2D eigenvalue weighted by Gasteiger charge is -2.21. The van der Waals surface area contributed by atoms with Crippen LogP contribution in [0.25, 0.3) is 0 Å². The van der Waals surface area contributed by atoms with Gasteiger partial charge in [0.2, 0.25) is 5.91 Å². The number of nitrogens with zero attached hydrogens (tertiary/aromatic N) is 1. The summed E-state index contributed by atoms with van der Waals surface area (Å²) in [7, 11) is 0. The predicted molar refractivity (Wildman–Crippen MR) is 67.4 cm³/mol. The molecule has 1 saturated carbocycles. The second-order valence-corrected chi connectivity index (χ2v) is 4.72. The molecule has 0 atom stereocenters. The fraction of sp³-hybridized carbons (Fsp3) is 0.923. The number of carbonyl (C=O) groups excluding carboxylic acids is 1. The molecule has 1 rings (SSSR count). The van der Waals surface area contributed by atoms with Gasteiger partial charge in [-0.25, -0.2) is 0 Å². The van der Waals surface area contributed by atoms with E-state index in [1.807, 2.05) is 0 Å². The van der Waals surface area contributed by atoms with Crippen molar-refractivity contribution >= 4 is 5.91 Å². The van der Waals surface area contributed by atoms with Gasteiger partial charge in [0, 0.05) is 6.04 Å². The highest BCUT2D eigenvalue weighted by atomic mass is 16.2. The quantitative estimate of drug-likeness (QED) is 0.729. The summed E-state index contributed by atoms with van der Waals surface area (Å²) in [5.41, 5.74) is 0. The lowest BCUT2D eigenvalue weighted by atomic mass is 10.1. The summed E-state index contributed by atoms with van der Waals surface area (Å²) in [4.78, 5) is 14.0. The molecule has 0 aromatic carbocycles. The van der Waals surface area contributed by atoms with Crippen molar-refractivity contribution in [2.45, 2.75) is 58.4 Å². The van der Waals surface area contributed by atoms with E-state index >= 15 is 0 Å². The number of hydrogen-bond acceptors (Lipinski definition) is 2. The van der Waals surface area contributed by atoms with Crippen LogP contribution in [0.3, 0.4) is 0 Å². The lowest BCUT2D eigenvalue weighted by molar-refractivity contribution is -0.123. The number of amides is 1. The molecule has 0 heterocycles. The van der Waals surface area contributed by atoms with E-state index in [1.54, 1.807) is 0 Å². The van der Waals surface area contributed by atoms with Crippen molar-refractivity contribution in [2.24, 2.45) is 0 Å². The third-order valence-electron chi connectivity index (χ3n) is 3.48. The van der Waals surface area contributed by atoms with E-state index in [-0.39, 0.29) is 5.91 Å². The average Bonchev–Trinajstić information content (AvgIpc) is 2.54. The normalized spacial score (nSPS) is 18.4. The maximum Gasteiger partial charge on any atom is 0.234 e. The van der Waals surface area contributed by atoms with E-state index in [9.17, 15) is 4.79 Å². The van der Waals surface area contributed by atoms with E-state index < -0.39 is 0 Å². The lowest BCUT2D eigenvalue weighted by Crippen LogP contribution is -2.41. The highest BCUT2D eigenvalue weighted by Gasteiger charge is 2.15. The van der Waals surface area contributed by atoms with Crippen molar-refractivity contribution in [1.82, 2.24) is 10.2 Å². The van der Waals surface area contributed by atoms with Crippen LogP contribution >= 0.6 is 0 Å². The van der Waals surface area contributed by atoms with Gasteiger partial charge in [-0.2, -0.15) is 0 Å². The Morgan fingerprint density at radius 1 is 1.12 bits per heavy atom. The van der Waals surface area contributed by atoms with Crippen molar-refractivity contribution in [2.75, 3.05) is 19.6 Å². The van der Waals surface area contributed by atoms with Crippen LogP contribution in [0.15, 0.2) is 0 Å². The molecule has 0 aromatic rings. The molecule has 3 nitrogen and oxygen atoms in total. The first kappa shape index (κ1) is 13.5. The van der Waals surface area contributed by atoms with Crippen LogP contribution in [0.4, 0.5) is 0 Å². The van der Waals surface area contributed by atoms with Crippen molar-refractivity contribution in [3.8, 4) is 0 Å². The molecule has 1 fully saturated rings. The highest BCUT2D eigenvalue weighted by molar-refractivity contribution is 5.78. The van der Waals surface area contributed by atoms with Crippen LogP contribution in [0, 0.1) is 0 Å². The molecule has 1 amide bonds. The summed E-state index contributed by atoms with van der Waals surface area (Å²) < 4.78 is 0. The Bertz CT molecular complexity index is 194. The fourth-order valence-corrected chi connectivity index (χ4v) is 2.35. The molecule has 0 saturated heterocycles.